The van der Waals surface area contributed by atoms with Gasteiger partial charge in [0.1, 0.15) is 5.70 Å². The second-order valence-electron chi connectivity index (χ2n) is 5.29. The third kappa shape index (κ3) is 2.71. The summed E-state index contributed by atoms with van der Waals surface area (Å²) in [5, 5.41) is 11.9. The number of carbonyl (C=O) groups is 2. The highest BCUT2D eigenvalue weighted by Gasteiger charge is 2.33. The Balaban J connectivity index is 1.88. The highest BCUT2D eigenvalue weighted by molar-refractivity contribution is 6.31. The van der Waals surface area contributed by atoms with Crippen LogP contribution in [0.4, 0.5) is 20.2 Å². The summed E-state index contributed by atoms with van der Waals surface area (Å²) in [6, 6.07) is 8.56. The van der Waals surface area contributed by atoms with Crippen LogP contribution in [0.1, 0.15) is 5.56 Å². The number of imide groups is 1. The molecule has 3 rings (SSSR count). The van der Waals surface area contributed by atoms with E-state index in [9.17, 15) is 18.4 Å². The van der Waals surface area contributed by atoms with E-state index in [0.717, 1.165) is 23.8 Å². The van der Waals surface area contributed by atoms with Gasteiger partial charge in [-0.2, -0.15) is 0 Å². The van der Waals surface area contributed by atoms with Gasteiger partial charge < -0.3 is 10.4 Å². The molecule has 2 N–H and O–H groups in total. The molecule has 5 nitrogen and oxygen atoms in total. The van der Waals surface area contributed by atoms with Gasteiger partial charge in [-0.3, -0.25) is 9.59 Å². The van der Waals surface area contributed by atoms with Crippen molar-refractivity contribution in [3.8, 4) is 5.75 Å². The molecule has 7 heteroatoms. The Hall–Kier alpha value is -3.22. The zero-order valence-electron chi connectivity index (χ0n) is 12.5. The van der Waals surface area contributed by atoms with Crippen LogP contribution < -0.4 is 10.2 Å². The molecule has 0 aromatic heterocycles. The largest absolute Gasteiger partial charge is 0.503 e. The number of nitrogens with zero attached hydrogens (tertiary/aromatic N) is 1. The Bertz CT molecular complexity index is 853. The van der Waals surface area contributed by atoms with E-state index in [2.05, 4.69) is 5.32 Å². The topological polar surface area (TPSA) is 69.6 Å². The van der Waals surface area contributed by atoms with Crippen LogP contribution in [0.5, 0.6) is 5.75 Å². The average molecular weight is 330 g/mol. The van der Waals surface area contributed by atoms with Gasteiger partial charge in [-0.1, -0.05) is 17.7 Å². The molecule has 1 aliphatic rings. The number of aromatic hydroxyl groups is 1. The fourth-order valence-corrected chi connectivity index (χ4v) is 2.28. The van der Waals surface area contributed by atoms with Gasteiger partial charge in [0.2, 0.25) is 0 Å². The average Bonchev–Trinajstić information content (AvgIpc) is 2.81. The van der Waals surface area contributed by atoms with E-state index >= 15 is 0 Å². The summed E-state index contributed by atoms with van der Waals surface area (Å²) in [5.41, 5.74) is 1.31. The fraction of sp³-hybridized carbons (Fsp3) is 0.0588. The molecule has 0 atom stereocenters. The summed E-state index contributed by atoms with van der Waals surface area (Å²) in [6.07, 6.45) is 1.05. The van der Waals surface area contributed by atoms with E-state index in [4.69, 9.17) is 5.11 Å². The summed E-state index contributed by atoms with van der Waals surface area (Å²) >= 11 is 0. The summed E-state index contributed by atoms with van der Waals surface area (Å²) in [5.74, 6) is -5.16. The molecule has 1 aliphatic heterocycles. The van der Waals surface area contributed by atoms with Crippen LogP contribution >= 0.6 is 0 Å². The van der Waals surface area contributed by atoms with Crippen molar-refractivity contribution in [1.29, 1.82) is 0 Å². The number of phenols is 1. The highest BCUT2D eigenvalue weighted by Crippen LogP contribution is 2.29. The number of hydrogen-bond acceptors (Lipinski definition) is 4. The Morgan fingerprint density at radius 1 is 1.04 bits per heavy atom. The smallest absolute Gasteiger partial charge is 0.281 e. The molecular formula is C17H12F2N2O3. The van der Waals surface area contributed by atoms with E-state index in [-0.39, 0.29) is 11.4 Å². The number of phenolic OH excluding ortho intramolecular Hbond substituents is 1. The maximum Gasteiger partial charge on any atom is 0.281 e. The van der Waals surface area contributed by atoms with E-state index in [0.29, 0.717) is 10.6 Å². The van der Waals surface area contributed by atoms with Crippen molar-refractivity contribution >= 4 is 23.2 Å². The van der Waals surface area contributed by atoms with Gasteiger partial charge in [0.05, 0.1) is 5.69 Å². The molecule has 0 bridgehead atoms. The molecule has 0 unspecified atom stereocenters. The van der Waals surface area contributed by atoms with Crippen LogP contribution in [0.3, 0.4) is 0 Å². The van der Waals surface area contributed by atoms with Gasteiger partial charge in [-0.25, -0.2) is 13.7 Å². The first-order valence-electron chi connectivity index (χ1n) is 6.98. The predicted molar refractivity (Wildman–Crippen MR) is 83.4 cm³/mol. The first kappa shape index (κ1) is 15.7. The molecule has 1 heterocycles. The van der Waals surface area contributed by atoms with Gasteiger partial charge in [-0.15, -0.1) is 0 Å². The van der Waals surface area contributed by atoms with Crippen LogP contribution in [-0.4, -0.2) is 16.9 Å². The molecule has 0 aliphatic carbocycles. The van der Waals surface area contributed by atoms with Crippen LogP contribution in [0.25, 0.3) is 0 Å². The normalized spacial score (nSPS) is 14.1. The molecule has 24 heavy (non-hydrogen) atoms. The van der Waals surface area contributed by atoms with Crippen molar-refractivity contribution in [1.82, 2.24) is 0 Å². The maximum atomic E-state index is 13.5. The molecule has 0 fully saturated rings. The van der Waals surface area contributed by atoms with Gasteiger partial charge in [-0.05, 0) is 19.1 Å². The molecule has 0 saturated carbocycles. The molecule has 0 saturated heterocycles. The van der Waals surface area contributed by atoms with Crippen LogP contribution in [0.2, 0.25) is 0 Å². The Morgan fingerprint density at radius 2 is 1.62 bits per heavy atom. The van der Waals surface area contributed by atoms with Crippen molar-refractivity contribution in [2.75, 3.05) is 10.2 Å². The quantitative estimate of drug-likeness (QED) is 0.849. The maximum absolute atomic E-state index is 13.5. The predicted octanol–water partition coefficient (Wildman–Crippen LogP) is 2.85. The number of hydrogen-bond donors (Lipinski definition) is 2. The lowest BCUT2D eigenvalue weighted by Gasteiger charge is -2.16. The standard InChI is InChI=1S/C17H12F2N2O3/c1-9-2-4-10(5-3-9)20-14-8-15(22)21(17(14)24)11-6-12(18)16(23)13(19)7-11/h2-8,20,23H,1H3. The zero-order chi connectivity index (χ0) is 17.4. The Morgan fingerprint density at radius 3 is 2.21 bits per heavy atom. The number of amides is 2. The Kier molecular flexibility index (Phi) is 3.76. The Labute approximate surface area is 135 Å². The van der Waals surface area contributed by atoms with Crippen molar-refractivity contribution in [3.63, 3.8) is 0 Å². The number of carbonyl (C=O) groups excluding carboxylic acids is 2. The van der Waals surface area contributed by atoms with Gasteiger partial charge in [0.15, 0.2) is 17.4 Å². The van der Waals surface area contributed by atoms with Crippen molar-refractivity contribution in [2.24, 2.45) is 0 Å². The minimum absolute atomic E-state index is 0.0160. The molecule has 2 aromatic carbocycles. The summed E-state index contributed by atoms with van der Waals surface area (Å²) in [7, 11) is 0. The van der Waals surface area contributed by atoms with Gasteiger partial charge in [0.25, 0.3) is 11.8 Å². The van der Waals surface area contributed by atoms with Crippen molar-refractivity contribution < 1.29 is 23.5 Å². The van der Waals surface area contributed by atoms with Gasteiger partial charge in [0, 0.05) is 23.9 Å². The summed E-state index contributed by atoms with van der Waals surface area (Å²) < 4.78 is 26.9. The molecule has 0 radical (unpaired) electrons. The highest BCUT2D eigenvalue weighted by atomic mass is 19.1. The number of anilines is 2. The lowest BCUT2D eigenvalue weighted by Crippen LogP contribution is -2.32. The number of nitrogens with one attached hydrogen (secondary N) is 1. The number of halogens is 2. The lowest BCUT2D eigenvalue weighted by molar-refractivity contribution is -0.120. The van der Waals surface area contributed by atoms with Crippen LogP contribution in [0, 0.1) is 18.6 Å². The van der Waals surface area contributed by atoms with Crippen LogP contribution in [0.15, 0.2) is 48.2 Å². The molecule has 2 aromatic rings. The fourth-order valence-electron chi connectivity index (χ4n) is 2.28. The van der Waals surface area contributed by atoms with E-state index in [1.165, 1.54) is 0 Å². The number of rotatable bonds is 3. The second kappa shape index (κ2) is 5.77. The monoisotopic (exact) mass is 330 g/mol. The molecular weight excluding hydrogens is 318 g/mol. The molecule has 122 valence electrons. The molecule has 2 amide bonds. The summed E-state index contributed by atoms with van der Waals surface area (Å²) in [6.45, 7) is 1.91. The van der Waals surface area contributed by atoms with Gasteiger partial charge >= 0.3 is 0 Å². The van der Waals surface area contributed by atoms with Crippen molar-refractivity contribution in [2.45, 2.75) is 6.92 Å². The first-order valence-corrected chi connectivity index (χ1v) is 6.98. The van der Waals surface area contributed by atoms with Crippen molar-refractivity contribution in [3.05, 3.63) is 65.4 Å². The van der Waals surface area contributed by atoms with Crippen LogP contribution in [-0.2, 0) is 9.59 Å². The third-order valence-electron chi connectivity index (χ3n) is 3.51. The lowest BCUT2D eigenvalue weighted by atomic mass is 10.2. The SMILES string of the molecule is Cc1ccc(NC2=CC(=O)N(c3cc(F)c(O)c(F)c3)C2=O)cc1. The summed E-state index contributed by atoms with van der Waals surface area (Å²) in [4.78, 5) is 25.0. The minimum Gasteiger partial charge on any atom is -0.503 e. The first-order chi connectivity index (χ1) is 11.4. The number of benzene rings is 2. The molecule has 0 spiro atoms. The van der Waals surface area contributed by atoms with E-state index in [1.807, 2.05) is 19.1 Å². The van der Waals surface area contributed by atoms with E-state index < -0.39 is 29.2 Å². The second-order valence-corrected chi connectivity index (χ2v) is 5.29. The number of aryl methyl sites for hydroxylation is 1. The zero-order valence-corrected chi connectivity index (χ0v) is 12.5. The minimum atomic E-state index is -1.26. The van der Waals surface area contributed by atoms with E-state index in [1.54, 1.807) is 12.1 Å². The third-order valence-corrected chi connectivity index (χ3v) is 3.51.